The lowest BCUT2D eigenvalue weighted by atomic mass is 9.97. The topological polar surface area (TPSA) is 58.6 Å². The molecule has 1 N–H and O–H groups in total. The van der Waals surface area contributed by atoms with Gasteiger partial charge in [-0.05, 0) is 68.6 Å². The van der Waals surface area contributed by atoms with E-state index in [4.69, 9.17) is 4.74 Å². The Bertz CT molecular complexity index is 977. The van der Waals surface area contributed by atoms with Gasteiger partial charge in [-0.15, -0.1) is 0 Å². The van der Waals surface area contributed by atoms with Crippen LogP contribution in [0.5, 0.6) is 5.75 Å². The van der Waals surface area contributed by atoms with Crippen LogP contribution in [0.4, 0.5) is 10.1 Å². The van der Waals surface area contributed by atoms with Crippen LogP contribution in [0.15, 0.2) is 47.4 Å². The SMILES string of the molecule is C.Cc1ccc(N(CC(C)C)S(=O)(=O)c2ccc(OC[C@H]3CCNC[C@H]3F)cc2)c(C)c1. The first-order valence-corrected chi connectivity index (χ1v) is 12.3. The number of anilines is 1. The summed E-state index contributed by atoms with van der Waals surface area (Å²) in [5.41, 5.74) is 2.71. The van der Waals surface area contributed by atoms with E-state index in [0.717, 1.165) is 24.1 Å². The summed E-state index contributed by atoms with van der Waals surface area (Å²) in [5.74, 6) is 0.569. The van der Waals surface area contributed by atoms with E-state index in [2.05, 4.69) is 5.32 Å². The van der Waals surface area contributed by atoms with Gasteiger partial charge in [0.2, 0.25) is 0 Å². The van der Waals surface area contributed by atoms with Crippen molar-refractivity contribution in [3.05, 3.63) is 53.6 Å². The molecule has 0 aliphatic carbocycles. The second kappa shape index (κ2) is 11.1. The highest BCUT2D eigenvalue weighted by Crippen LogP contribution is 2.29. The average molecular weight is 465 g/mol. The number of nitrogens with one attached hydrogen (secondary N) is 1. The average Bonchev–Trinajstić information content (AvgIpc) is 2.72. The van der Waals surface area contributed by atoms with Gasteiger partial charge in [-0.2, -0.15) is 0 Å². The normalized spacial score (nSPS) is 18.8. The molecule has 1 heterocycles. The van der Waals surface area contributed by atoms with Crippen LogP contribution in [0.3, 0.4) is 0 Å². The van der Waals surface area contributed by atoms with Crippen molar-refractivity contribution >= 4 is 15.7 Å². The van der Waals surface area contributed by atoms with E-state index in [1.165, 1.54) is 4.31 Å². The number of halogens is 1. The van der Waals surface area contributed by atoms with Gasteiger partial charge in [-0.25, -0.2) is 12.8 Å². The van der Waals surface area contributed by atoms with E-state index in [0.29, 0.717) is 24.5 Å². The van der Waals surface area contributed by atoms with Gasteiger partial charge >= 0.3 is 0 Å². The molecule has 0 bridgehead atoms. The lowest BCUT2D eigenvalue weighted by Gasteiger charge is -2.28. The Morgan fingerprint density at radius 3 is 2.44 bits per heavy atom. The Morgan fingerprint density at radius 2 is 1.84 bits per heavy atom. The van der Waals surface area contributed by atoms with Crippen LogP contribution in [-0.2, 0) is 10.0 Å². The Balaban J connectivity index is 0.00000363. The lowest BCUT2D eigenvalue weighted by molar-refractivity contribution is 0.122. The molecule has 1 saturated heterocycles. The predicted molar refractivity (Wildman–Crippen MR) is 130 cm³/mol. The number of nitrogens with zero attached hydrogens (tertiary/aromatic N) is 1. The molecule has 0 spiro atoms. The van der Waals surface area contributed by atoms with Crippen LogP contribution in [0, 0.1) is 25.7 Å². The summed E-state index contributed by atoms with van der Waals surface area (Å²) in [5, 5.41) is 3.03. The number of hydrogen-bond acceptors (Lipinski definition) is 4. The zero-order valence-electron chi connectivity index (χ0n) is 18.8. The van der Waals surface area contributed by atoms with Crippen LogP contribution in [0.25, 0.3) is 0 Å². The van der Waals surface area contributed by atoms with E-state index in [-0.39, 0.29) is 30.8 Å². The highest BCUT2D eigenvalue weighted by atomic mass is 32.2. The lowest BCUT2D eigenvalue weighted by Crippen LogP contribution is -2.40. The Morgan fingerprint density at radius 1 is 1.16 bits per heavy atom. The third-order valence-corrected chi connectivity index (χ3v) is 7.36. The number of alkyl halides is 1. The fourth-order valence-electron chi connectivity index (χ4n) is 3.84. The molecule has 1 aliphatic heterocycles. The maximum Gasteiger partial charge on any atom is 0.264 e. The molecule has 7 heteroatoms. The van der Waals surface area contributed by atoms with Crippen molar-refractivity contribution < 1.29 is 17.5 Å². The molecule has 0 unspecified atom stereocenters. The first kappa shape index (κ1) is 26.1. The Kier molecular flexibility index (Phi) is 9.10. The Labute approximate surface area is 193 Å². The van der Waals surface area contributed by atoms with Crippen LogP contribution in [-0.4, -0.2) is 40.8 Å². The number of benzene rings is 2. The highest BCUT2D eigenvalue weighted by Gasteiger charge is 2.28. The minimum atomic E-state index is -3.74. The van der Waals surface area contributed by atoms with E-state index in [1.807, 2.05) is 45.9 Å². The monoisotopic (exact) mass is 464 g/mol. The number of rotatable bonds is 8. The van der Waals surface area contributed by atoms with Crippen LogP contribution >= 0.6 is 0 Å². The maximum atomic E-state index is 14.0. The van der Waals surface area contributed by atoms with Gasteiger partial charge in [0.05, 0.1) is 17.2 Å². The van der Waals surface area contributed by atoms with E-state index < -0.39 is 16.2 Å². The molecule has 0 aromatic heterocycles. The molecule has 0 saturated carbocycles. The standard InChI is InChI=1S/C24H33FN2O3S.CH4/c1-17(2)15-27(24-10-5-18(3)13-19(24)4)31(28,29)22-8-6-21(7-9-22)30-16-20-11-12-26-14-23(20)25;/h5-10,13,17,20,23,26H,11-12,14-16H2,1-4H3;1H4/t20-,23-;/m1./s1. The van der Waals surface area contributed by atoms with Crippen molar-refractivity contribution in [3.8, 4) is 5.75 Å². The number of sulfonamides is 1. The van der Waals surface area contributed by atoms with Gasteiger partial charge in [0, 0.05) is 19.0 Å². The van der Waals surface area contributed by atoms with Gasteiger partial charge in [-0.1, -0.05) is 39.0 Å². The predicted octanol–water partition coefficient (Wildman–Crippen LogP) is 5.12. The molecule has 2 atom stereocenters. The van der Waals surface area contributed by atoms with Gasteiger partial charge in [-0.3, -0.25) is 4.31 Å². The minimum Gasteiger partial charge on any atom is -0.493 e. The molecule has 2 aromatic rings. The van der Waals surface area contributed by atoms with Crippen molar-refractivity contribution in [2.45, 2.75) is 52.6 Å². The molecular formula is C25H37FN2O3S. The largest absolute Gasteiger partial charge is 0.493 e. The highest BCUT2D eigenvalue weighted by molar-refractivity contribution is 7.92. The quantitative estimate of drug-likeness (QED) is 0.589. The number of hydrogen-bond donors (Lipinski definition) is 1. The maximum absolute atomic E-state index is 14.0. The van der Waals surface area contributed by atoms with Crippen molar-refractivity contribution in [2.75, 3.05) is 30.5 Å². The zero-order chi connectivity index (χ0) is 22.6. The fourth-order valence-corrected chi connectivity index (χ4v) is 5.54. The smallest absolute Gasteiger partial charge is 0.264 e. The number of piperidine rings is 1. The molecule has 0 amide bonds. The summed E-state index contributed by atoms with van der Waals surface area (Å²) >= 11 is 0. The first-order chi connectivity index (χ1) is 14.7. The van der Waals surface area contributed by atoms with Crippen molar-refractivity contribution in [1.29, 1.82) is 0 Å². The summed E-state index contributed by atoms with van der Waals surface area (Å²) in [4.78, 5) is 0.214. The second-order valence-electron chi connectivity index (χ2n) is 8.77. The summed E-state index contributed by atoms with van der Waals surface area (Å²) < 4.78 is 48.2. The minimum absolute atomic E-state index is 0. The summed E-state index contributed by atoms with van der Waals surface area (Å²) in [6.45, 7) is 9.75. The molecule has 2 aromatic carbocycles. The van der Waals surface area contributed by atoms with Crippen molar-refractivity contribution in [2.24, 2.45) is 11.8 Å². The molecule has 0 radical (unpaired) electrons. The molecule has 32 heavy (non-hydrogen) atoms. The molecule has 1 aliphatic rings. The van der Waals surface area contributed by atoms with E-state index >= 15 is 0 Å². The molecule has 3 rings (SSSR count). The fraction of sp³-hybridized carbons (Fsp3) is 0.520. The first-order valence-electron chi connectivity index (χ1n) is 10.9. The van der Waals surface area contributed by atoms with Gasteiger partial charge < -0.3 is 10.1 Å². The number of ether oxygens (including phenoxy) is 1. The summed E-state index contributed by atoms with van der Waals surface area (Å²) in [7, 11) is -3.74. The van der Waals surface area contributed by atoms with Crippen LogP contribution in [0.1, 0.15) is 38.8 Å². The van der Waals surface area contributed by atoms with Gasteiger partial charge in [0.25, 0.3) is 10.0 Å². The third kappa shape index (κ3) is 6.23. The van der Waals surface area contributed by atoms with Gasteiger partial charge in [0.1, 0.15) is 11.9 Å². The van der Waals surface area contributed by atoms with E-state index in [9.17, 15) is 12.8 Å². The van der Waals surface area contributed by atoms with Crippen LogP contribution in [0.2, 0.25) is 0 Å². The molecular weight excluding hydrogens is 427 g/mol. The van der Waals surface area contributed by atoms with Crippen molar-refractivity contribution in [3.63, 3.8) is 0 Å². The zero-order valence-corrected chi connectivity index (χ0v) is 19.6. The summed E-state index contributed by atoms with van der Waals surface area (Å²) in [6, 6.07) is 12.2. The molecule has 5 nitrogen and oxygen atoms in total. The third-order valence-electron chi connectivity index (χ3n) is 5.57. The Hall–Kier alpha value is -2.12. The van der Waals surface area contributed by atoms with E-state index in [1.54, 1.807) is 24.3 Å². The number of aryl methyl sites for hydroxylation is 2. The summed E-state index contributed by atoms with van der Waals surface area (Å²) in [6.07, 6.45) is -0.191. The van der Waals surface area contributed by atoms with Gasteiger partial charge in [0.15, 0.2) is 0 Å². The molecule has 1 fully saturated rings. The molecule has 178 valence electrons. The van der Waals surface area contributed by atoms with Crippen molar-refractivity contribution in [1.82, 2.24) is 5.32 Å². The van der Waals surface area contributed by atoms with Crippen LogP contribution < -0.4 is 14.4 Å². The second-order valence-corrected chi connectivity index (χ2v) is 10.6.